The lowest BCUT2D eigenvalue weighted by Crippen LogP contribution is -2.32. The first-order valence-electron chi connectivity index (χ1n) is 6.65. The smallest absolute Gasteiger partial charge is 0.307 e. The highest BCUT2D eigenvalue weighted by atomic mass is 35.5. The van der Waals surface area contributed by atoms with Gasteiger partial charge in [0.1, 0.15) is 0 Å². The third-order valence-corrected chi connectivity index (χ3v) is 3.66. The highest BCUT2D eigenvalue weighted by Crippen LogP contribution is 2.18. The molecule has 0 spiro atoms. The van der Waals surface area contributed by atoms with Gasteiger partial charge in [0.25, 0.3) is 0 Å². The van der Waals surface area contributed by atoms with Gasteiger partial charge in [0.15, 0.2) is 0 Å². The van der Waals surface area contributed by atoms with Crippen LogP contribution >= 0.6 is 12.4 Å². The van der Waals surface area contributed by atoms with Gasteiger partial charge in [-0.1, -0.05) is 31.2 Å². The Balaban J connectivity index is 0.00000180. The van der Waals surface area contributed by atoms with Crippen LogP contribution in [0.5, 0.6) is 0 Å². The molecule has 1 N–H and O–H groups in total. The van der Waals surface area contributed by atoms with Crippen molar-refractivity contribution in [2.24, 2.45) is 5.92 Å². The van der Waals surface area contributed by atoms with E-state index in [0.29, 0.717) is 0 Å². The van der Waals surface area contributed by atoms with Gasteiger partial charge in [-0.15, -0.1) is 12.4 Å². The number of hydrogen-bond acceptors (Lipinski definition) is 2. The molecule has 1 fully saturated rings. The number of piperidine rings is 1. The fraction of sp³-hybridized carbons (Fsp3) is 0.533. The van der Waals surface area contributed by atoms with E-state index in [-0.39, 0.29) is 18.8 Å². The number of hydrogen-bond donors (Lipinski definition) is 1. The first-order chi connectivity index (χ1) is 8.63. The fourth-order valence-corrected chi connectivity index (χ4v) is 2.42. The maximum absolute atomic E-state index is 10.6. The first-order valence-corrected chi connectivity index (χ1v) is 6.65. The zero-order valence-electron chi connectivity index (χ0n) is 11.3. The predicted octanol–water partition coefficient (Wildman–Crippen LogP) is 2.97. The molecule has 1 aliphatic heterocycles. The van der Waals surface area contributed by atoms with Crippen LogP contribution in [0.2, 0.25) is 0 Å². The molecule has 0 aromatic heterocycles. The molecular formula is C15H22ClNO2. The highest BCUT2D eigenvalue weighted by molar-refractivity contribution is 5.85. The highest BCUT2D eigenvalue weighted by Gasteiger charge is 2.15. The molecule has 0 unspecified atom stereocenters. The van der Waals surface area contributed by atoms with Gasteiger partial charge in [0, 0.05) is 6.54 Å². The molecule has 4 heteroatoms. The third-order valence-electron chi connectivity index (χ3n) is 3.66. The largest absolute Gasteiger partial charge is 0.481 e. The lowest BCUT2D eigenvalue weighted by Gasteiger charge is -2.30. The molecule has 1 saturated heterocycles. The van der Waals surface area contributed by atoms with E-state index in [1.807, 2.05) is 12.1 Å². The average molecular weight is 284 g/mol. The number of carboxylic acids is 1. The van der Waals surface area contributed by atoms with Crippen molar-refractivity contribution >= 4 is 18.4 Å². The van der Waals surface area contributed by atoms with E-state index in [1.54, 1.807) is 0 Å². The summed E-state index contributed by atoms with van der Waals surface area (Å²) in [6.45, 7) is 5.66. The summed E-state index contributed by atoms with van der Waals surface area (Å²) in [4.78, 5) is 13.1. The zero-order valence-corrected chi connectivity index (χ0v) is 12.2. The van der Waals surface area contributed by atoms with Gasteiger partial charge in [-0.2, -0.15) is 0 Å². The SMILES string of the molecule is CC1CCN(Cc2ccc(CC(=O)O)cc2)CC1.Cl. The second kappa shape index (κ2) is 7.51. The van der Waals surface area contributed by atoms with Crippen LogP contribution in [0, 0.1) is 5.92 Å². The zero-order chi connectivity index (χ0) is 13.0. The van der Waals surface area contributed by atoms with Crippen LogP contribution in [0.15, 0.2) is 24.3 Å². The van der Waals surface area contributed by atoms with E-state index in [0.717, 1.165) is 18.0 Å². The molecular weight excluding hydrogens is 262 g/mol. The Morgan fingerprint density at radius 1 is 1.21 bits per heavy atom. The van der Waals surface area contributed by atoms with Gasteiger partial charge in [-0.3, -0.25) is 9.69 Å². The van der Waals surface area contributed by atoms with Gasteiger partial charge < -0.3 is 5.11 Å². The van der Waals surface area contributed by atoms with E-state index in [2.05, 4.69) is 24.0 Å². The Kier molecular flexibility index (Phi) is 6.32. The van der Waals surface area contributed by atoms with Crippen molar-refractivity contribution in [1.82, 2.24) is 4.90 Å². The summed E-state index contributed by atoms with van der Waals surface area (Å²) in [5.41, 5.74) is 2.15. The molecule has 0 bridgehead atoms. The molecule has 0 aliphatic carbocycles. The van der Waals surface area contributed by atoms with Gasteiger partial charge in [-0.05, 0) is 43.0 Å². The number of likely N-dealkylation sites (tertiary alicyclic amines) is 1. The van der Waals surface area contributed by atoms with Crippen molar-refractivity contribution < 1.29 is 9.90 Å². The number of carbonyl (C=O) groups is 1. The van der Waals surface area contributed by atoms with Crippen LogP contribution in [0.3, 0.4) is 0 Å². The minimum atomic E-state index is -0.771. The minimum Gasteiger partial charge on any atom is -0.481 e. The van der Waals surface area contributed by atoms with E-state index < -0.39 is 5.97 Å². The van der Waals surface area contributed by atoms with Crippen molar-refractivity contribution in [2.75, 3.05) is 13.1 Å². The predicted molar refractivity (Wildman–Crippen MR) is 78.7 cm³/mol. The Labute approximate surface area is 121 Å². The topological polar surface area (TPSA) is 40.5 Å². The standard InChI is InChI=1S/C15H21NO2.ClH/c1-12-6-8-16(9-7-12)11-14-4-2-13(3-5-14)10-15(17)18;/h2-5,12H,6-11H2,1H3,(H,17,18);1H. The molecule has 0 atom stereocenters. The summed E-state index contributed by atoms with van der Waals surface area (Å²) >= 11 is 0. The number of aliphatic carboxylic acids is 1. The van der Waals surface area contributed by atoms with Crippen molar-refractivity contribution in [3.05, 3.63) is 35.4 Å². The normalized spacial score (nSPS) is 16.9. The van der Waals surface area contributed by atoms with Gasteiger partial charge in [0.2, 0.25) is 0 Å². The molecule has 0 saturated carbocycles. The lowest BCUT2D eigenvalue weighted by molar-refractivity contribution is -0.136. The molecule has 0 radical (unpaired) electrons. The molecule has 1 heterocycles. The maximum atomic E-state index is 10.6. The monoisotopic (exact) mass is 283 g/mol. The van der Waals surface area contributed by atoms with Gasteiger partial charge >= 0.3 is 5.97 Å². The van der Waals surface area contributed by atoms with Gasteiger partial charge in [0.05, 0.1) is 6.42 Å². The summed E-state index contributed by atoms with van der Waals surface area (Å²) in [6.07, 6.45) is 2.69. The summed E-state index contributed by atoms with van der Waals surface area (Å²) in [5.74, 6) is 0.0898. The van der Waals surface area contributed by atoms with Crippen molar-refractivity contribution in [1.29, 1.82) is 0 Å². The summed E-state index contributed by atoms with van der Waals surface area (Å²) in [6, 6.07) is 7.96. The molecule has 3 nitrogen and oxygen atoms in total. The molecule has 1 aromatic rings. The molecule has 0 amide bonds. The van der Waals surface area contributed by atoms with Crippen LogP contribution in [-0.4, -0.2) is 29.1 Å². The second-order valence-corrected chi connectivity index (χ2v) is 5.35. The lowest BCUT2D eigenvalue weighted by atomic mass is 9.98. The van der Waals surface area contributed by atoms with Crippen LogP contribution in [0.1, 0.15) is 30.9 Å². The van der Waals surface area contributed by atoms with Crippen molar-refractivity contribution in [2.45, 2.75) is 32.7 Å². The number of halogens is 1. The molecule has 19 heavy (non-hydrogen) atoms. The number of nitrogens with zero attached hydrogens (tertiary/aromatic N) is 1. The Morgan fingerprint density at radius 3 is 2.26 bits per heavy atom. The van der Waals surface area contributed by atoms with Crippen LogP contribution in [0.25, 0.3) is 0 Å². The number of carboxylic acid groups (broad SMARTS) is 1. The van der Waals surface area contributed by atoms with E-state index in [4.69, 9.17) is 5.11 Å². The number of rotatable bonds is 4. The van der Waals surface area contributed by atoms with E-state index >= 15 is 0 Å². The molecule has 106 valence electrons. The average Bonchev–Trinajstić information content (AvgIpc) is 2.34. The Bertz CT molecular complexity index is 397. The van der Waals surface area contributed by atoms with E-state index in [9.17, 15) is 4.79 Å². The van der Waals surface area contributed by atoms with Crippen LogP contribution in [0.4, 0.5) is 0 Å². The summed E-state index contributed by atoms with van der Waals surface area (Å²) in [7, 11) is 0. The van der Waals surface area contributed by atoms with Crippen LogP contribution in [-0.2, 0) is 17.8 Å². The van der Waals surface area contributed by atoms with Crippen molar-refractivity contribution in [3.8, 4) is 0 Å². The van der Waals surface area contributed by atoms with Crippen molar-refractivity contribution in [3.63, 3.8) is 0 Å². The third kappa shape index (κ3) is 5.21. The quantitative estimate of drug-likeness (QED) is 0.923. The number of benzene rings is 1. The molecule has 2 rings (SSSR count). The van der Waals surface area contributed by atoms with Crippen LogP contribution < -0.4 is 0 Å². The maximum Gasteiger partial charge on any atom is 0.307 e. The Hall–Kier alpha value is -1.06. The van der Waals surface area contributed by atoms with Gasteiger partial charge in [-0.25, -0.2) is 0 Å². The summed E-state index contributed by atoms with van der Waals surface area (Å²) < 4.78 is 0. The molecule has 1 aliphatic rings. The Morgan fingerprint density at radius 2 is 1.74 bits per heavy atom. The van der Waals surface area contributed by atoms with E-state index in [1.165, 1.54) is 31.5 Å². The fourth-order valence-electron chi connectivity index (χ4n) is 2.42. The first kappa shape index (κ1) is 16.0. The second-order valence-electron chi connectivity index (χ2n) is 5.35. The summed E-state index contributed by atoms with van der Waals surface area (Å²) in [5, 5.41) is 8.71. The molecule has 1 aromatic carbocycles. The minimum absolute atomic E-state index is 0.